The topological polar surface area (TPSA) is 93.2 Å². The minimum atomic E-state index is -0.627. The van der Waals surface area contributed by atoms with Gasteiger partial charge < -0.3 is 10.1 Å². The Morgan fingerprint density at radius 2 is 2.05 bits per heavy atom. The highest BCUT2D eigenvalue weighted by Crippen LogP contribution is 2.23. The van der Waals surface area contributed by atoms with Crippen molar-refractivity contribution >= 4 is 11.6 Å². The monoisotopic (exact) mass is 303 g/mol. The highest BCUT2D eigenvalue weighted by molar-refractivity contribution is 5.92. The Hall–Kier alpha value is -2.83. The first-order valence-corrected chi connectivity index (χ1v) is 6.91. The van der Waals surface area contributed by atoms with Crippen LogP contribution in [0, 0.1) is 0 Å². The molecule has 1 amide bonds. The summed E-state index contributed by atoms with van der Waals surface area (Å²) in [6.45, 7) is 2.34. The van der Waals surface area contributed by atoms with Crippen molar-refractivity contribution in [3.05, 3.63) is 57.4 Å². The van der Waals surface area contributed by atoms with E-state index in [0.717, 1.165) is 11.0 Å². The molecule has 2 rings (SSSR count). The number of aromatic nitrogens is 2. The number of para-hydroxylation sites is 2. The van der Waals surface area contributed by atoms with E-state index >= 15 is 0 Å². The number of ether oxygens (including phenoxy) is 1. The van der Waals surface area contributed by atoms with Gasteiger partial charge in [-0.3, -0.25) is 19.1 Å². The first kappa shape index (κ1) is 15.6. The third kappa shape index (κ3) is 4.08. The van der Waals surface area contributed by atoms with Gasteiger partial charge >= 0.3 is 5.69 Å². The van der Waals surface area contributed by atoms with E-state index < -0.39 is 11.2 Å². The third-order valence-corrected chi connectivity index (χ3v) is 2.83. The van der Waals surface area contributed by atoms with Crippen LogP contribution in [0.4, 0.5) is 5.69 Å². The van der Waals surface area contributed by atoms with Crippen molar-refractivity contribution in [1.82, 2.24) is 9.55 Å². The summed E-state index contributed by atoms with van der Waals surface area (Å²) in [6.07, 6.45) is 2.13. The van der Waals surface area contributed by atoms with Gasteiger partial charge in [-0.05, 0) is 18.6 Å². The standard InChI is InChI=1S/C15H17N3O4/c1-2-9-22-12-6-4-3-5-11(12)16-14(20)10-18-8-7-13(19)17-15(18)21/h3-8H,2,9-10H2,1H3,(H,16,20)(H,17,19,21). The van der Waals surface area contributed by atoms with E-state index in [4.69, 9.17) is 4.74 Å². The molecule has 0 bridgehead atoms. The van der Waals surface area contributed by atoms with Gasteiger partial charge in [-0.1, -0.05) is 19.1 Å². The summed E-state index contributed by atoms with van der Waals surface area (Å²) in [6, 6.07) is 8.26. The van der Waals surface area contributed by atoms with Crippen LogP contribution >= 0.6 is 0 Å². The number of nitrogens with zero attached hydrogens (tertiary/aromatic N) is 1. The van der Waals surface area contributed by atoms with Crippen LogP contribution in [-0.4, -0.2) is 22.1 Å². The molecule has 7 heteroatoms. The summed E-state index contributed by atoms with van der Waals surface area (Å²) in [4.78, 5) is 36.6. The minimum Gasteiger partial charge on any atom is -0.491 e. The van der Waals surface area contributed by atoms with E-state index in [9.17, 15) is 14.4 Å². The van der Waals surface area contributed by atoms with E-state index in [2.05, 4.69) is 10.3 Å². The maximum Gasteiger partial charge on any atom is 0.328 e. The number of aromatic amines is 1. The van der Waals surface area contributed by atoms with Gasteiger partial charge in [0.15, 0.2) is 0 Å². The number of rotatable bonds is 6. The molecule has 0 aliphatic heterocycles. The van der Waals surface area contributed by atoms with Crippen molar-refractivity contribution in [2.24, 2.45) is 0 Å². The molecule has 116 valence electrons. The van der Waals surface area contributed by atoms with Gasteiger partial charge in [0.1, 0.15) is 12.3 Å². The number of hydrogen-bond acceptors (Lipinski definition) is 4. The fourth-order valence-corrected chi connectivity index (χ4v) is 1.82. The zero-order chi connectivity index (χ0) is 15.9. The number of nitrogens with one attached hydrogen (secondary N) is 2. The van der Waals surface area contributed by atoms with Crippen molar-refractivity contribution in [1.29, 1.82) is 0 Å². The Balaban J connectivity index is 2.09. The van der Waals surface area contributed by atoms with Crippen LogP contribution in [0.3, 0.4) is 0 Å². The third-order valence-electron chi connectivity index (χ3n) is 2.83. The molecule has 22 heavy (non-hydrogen) atoms. The normalized spacial score (nSPS) is 10.2. The van der Waals surface area contributed by atoms with Crippen LogP contribution in [0.25, 0.3) is 0 Å². The molecule has 2 N–H and O–H groups in total. The lowest BCUT2D eigenvalue weighted by molar-refractivity contribution is -0.116. The minimum absolute atomic E-state index is 0.197. The summed E-state index contributed by atoms with van der Waals surface area (Å²) in [5.74, 6) is 0.188. The predicted molar refractivity (Wildman–Crippen MR) is 82.2 cm³/mol. The summed E-state index contributed by atoms with van der Waals surface area (Å²) in [5.41, 5.74) is -0.587. The number of hydrogen-bond donors (Lipinski definition) is 2. The lowest BCUT2D eigenvalue weighted by Gasteiger charge is -2.12. The van der Waals surface area contributed by atoms with Crippen LogP contribution in [0.5, 0.6) is 5.75 Å². The highest BCUT2D eigenvalue weighted by atomic mass is 16.5. The molecule has 0 aliphatic carbocycles. The second kappa shape index (κ2) is 7.26. The quantitative estimate of drug-likeness (QED) is 0.831. The van der Waals surface area contributed by atoms with Crippen molar-refractivity contribution in [3.63, 3.8) is 0 Å². The molecule has 1 heterocycles. The van der Waals surface area contributed by atoms with Crippen LogP contribution in [0.1, 0.15) is 13.3 Å². The van der Waals surface area contributed by atoms with E-state index in [-0.39, 0.29) is 12.5 Å². The van der Waals surface area contributed by atoms with Crippen molar-refractivity contribution in [2.45, 2.75) is 19.9 Å². The number of benzene rings is 1. The molecule has 0 saturated heterocycles. The smallest absolute Gasteiger partial charge is 0.328 e. The average Bonchev–Trinajstić information content (AvgIpc) is 2.49. The van der Waals surface area contributed by atoms with Gasteiger partial charge in [0.25, 0.3) is 5.56 Å². The Bertz CT molecular complexity index is 764. The highest BCUT2D eigenvalue weighted by Gasteiger charge is 2.09. The van der Waals surface area contributed by atoms with Gasteiger partial charge in [-0.25, -0.2) is 4.79 Å². The predicted octanol–water partition coefficient (Wildman–Crippen LogP) is 0.964. The SMILES string of the molecule is CCCOc1ccccc1NC(=O)Cn1ccc(=O)[nH]c1=O. The van der Waals surface area contributed by atoms with Gasteiger partial charge in [0, 0.05) is 12.3 Å². The summed E-state index contributed by atoms with van der Waals surface area (Å²) in [7, 11) is 0. The molecular formula is C15H17N3O4. The van der Waals surface area contributed by atoms with Gasteiger partial charge in [0.05, 0.1) is 12.3 Å². The molecule has 0 unspecified atom stereocenters. The lowest BCUT2D eigenvalue weighted by Crippen LogP contribution is -2.32. The summed E-state index contributed by atoms with van der Waals surface area (Å²) < 4.78 is 6.66. The Morgan fingerprint density at radius 3 is 2.77 bits per heavy atom. The number of carbonyl (C=O) groups is 1. The van der Waals surface area contributed by atoms with Gasteiger partial charge in [0.2, 0.25) is 5.91 Å². The maximum atomic E-state index is 12.0. The van der Waals surface area contributed by atoms with E-state index in [1.54, 1.807) is 18.2 Å². The second-order valence-electron chi connectivity index (χ2n) is 4.63. The average molecular weight is 303 g/mol. The first-order chi connectivity index (χ1) is 10.6. The second-order valence-corrected chi connectivity index (χ2v) is 4.63. The molecule has 0 fully saturated rings. The molecule has 0 atom stereocenters. The Morgan fingerprint density at radius 1 is 1.27 bits per heavy atom. The number of carbonyl (C=O) groups excluding carboxylic acids is 1. The largest absolute Gasteiger partial charge is 0.491 e. The van der Waals surface area contributed by atoms with E-state index in [0.29, 0.717) is 18.0 Å². The molecule has 0 spiro atoms. The van der Waals surface area contributed by atoms with Crippen LogP contribution in [0.15, 0.2) is 46.1 Å². The Labute approximate surface area is 126 Å². The van der Waals surface area contributed by atoms with Crippen molar-refractivity contribution in [3.8, 4) is 5.75 Å². The molecule has 2 aromatic rings. The summed E-state index contributed by atoms with van der Waals surface area (Å²) in [5, 5.41) is 2.69. The molecule has 7 nitrogen and oxygen atoms in total. The fourth-order valence-electron chi connectivity index (χ4n) is 1.82. The molecule has 0 saturated carbocycles. The maximum absolute atomic E-state index is 12.0. The lowest BCUT2D eigenvalue weighted by atomic mass is 10.3. The number of H-pyrrole nitrogens is 1. The summed E-state index contributed by atoms with van der Waals surface area (Å²) >= 11 is 0. The Kier molecular flexibility index (Phi) is 5.13. The zero-order valence-electron chi connectivity index (χ0n) is 12.2. The molecule has 0 aliphatic rings. The molecular weight excluding hydrogens is 286 g/mol. The van der Waals surface area contributed by atoms with Crippen LogP contribution in [-0.2, 0) is 11.3 Å². The number of amides is 1. The van der Waals surface area contributed by atoms with E-state index in [1.807, 2.05) is 13.0 Å². The first-order valence-electron chi connectivity index (χ1n) is 6.91. The van der Waals surface area contributed by atoms with E-state index in [1.165, 1.54) is 12.3 Å². The molecule has 1 aromatic heterocycles. The molecule has 0 radical (unpaired) electrons. The zero-order valence-corrected chi connectivity index (χ0v) is 12.2. The fraction of sp³-hybridized carbons (Fsp3) is 0.267. The van der Waals surface area contributed by atoms with Crippen LogP contribution < -0.4 is 21.3 Å². The van der Waals surface area contributed by atoms with Gasteiger partial charge in [-0.2, -0.15) is 0 Å². The number of anilines is 1. The molecule has 1 aromatic carbocycles. The van der Waals surface area contributed by atoms with Crippen molar-refractivity contribution < 1.29 is 9.53 Å². The van der Waals surface area contributed by atoms with Crippen molar-refractivity contribution in [2.75, 3.05) is 11.9 Å². The van der Waals surface area contributed by atoms with Crippen LogP contribution in [0.2, 0.25) is 0 Å². The van der Waals surface area contributed by atoms with Gasteiger partial charge in [-0.15, -0.1) is 0 Å².